The monoisotopic (exact) mass is 622 g/mol. The molecule has 3 amide bonds. The lowest BCUT2D eigenvalue weighted by Crippen LogP contribution is -2.47. The second-order valence-electron chi connectivity index (χ2n) is 9.75. The Balaban J connectivity index is 1.50. The summed E-state index contributed by atoms with van der Waals surface area (Å²) in [6, 6.07) is 20.6. The van der Waals surface area contributed by atoms with Crippen LogP contribution in [0.4, 0.5) is 27.5 Å². The molecule has 1 aliphatic rings. The van der Waals surface area contributed by atoms with E-state index in [1.54, 1.807) is 13.2 Å². The van der Waals surface area contributed by atoms with Gasteiger partial charge in [-0.25, -0.2) is 4.79 Å². The van der Waals surface area contributed by atoms with Gasteiger partial charge in [-0.2, -0.15) is 0 Å². The number of hydrogen-bond acceptors (Lipinski definition) is 6. The number of rotatable bonds is 11. The lowest BCUT2D eigenvalue weighted by atomic mass is 10.1. The van der Waals surface area contributed by atoms with Crippen LogP contribution in [0.15, 0.2) is 71.2 Å². The molecule has 0 atom stereocenters. The van der Waals surface area contributed by atoms with E-state index in [0.717, 1.165) is 67.4 Å². The van der Waals surface area contributed by atoms with Crippen molar-refractivity contribution < 1.29 is 14.3 Å². The minimum atomic E-state index is -0.380. The molecule has 1 heterocycles. The minimum Gasteiger partial charge on any atom is -0.495 e. The summed E-state index contributed by atoms with van der Waals surface area (Å²) >= 11 is 3.42. The van der Waals surface area contributed by atoms with Crippen LogP contribution in [-0.2, 0) is 0 Å². The van der Waals surface area contributed by atoms with E-state index >= 15 is 0 Å². The maximum absolute atomic E-state index is 13.5. The number of urea groups is 1. The van der Waals surface area contributed by atoms with Gasteiger partial charge in [-0.1, -0.05) is 48.0 Å². The second kappa shape index (κ2) is 14.7. The van der Waals surface area contributed by atoms with Crippen molar-refractivity contribution in [2.75, 3.05) is 79.9 Å². The number of piperazine rings is 1. The largest absolute Gasteiger partial charge is 0.495 e. The zero-order valence-corrected chi connectivity index (χ0v) is 25.5. The zero-order valence-electron chi connectivity index (χ0n) is 24.0. The Morgan fingerprint density at radius 2 is 1.51 bits per heavy atom. The Kier molecular flexibility index (Phi) is 10.9. The fourth-order valence-corrected chi connectivity index (χ4v) is 5.37. The zero-order chi connectivity index (χ0) is 29.2. The first-order chi connectivity index (χ1) is 19.9. The Bertz CT molecular complexity index is 1320. The molecule has 0 aromatic heterocycles. The van der Waals surface area contributed by atoms with E-state index in [9.17, 15) is 9.59 Å². The van der Waals surface area contributed by atoms with Crippen LogP contribution in [0.2, 0.25) is 0 Å². The number of benzene rings is 3. The van der Waals surface area contributed by atoms with Crippen molar-refractivity contribution in [3.05, 3.63) is 76.8 Å². The average molecular weight is 624 g/mol. The number of halogens is 1. The van der Waals surface area contributed by atoms with Gasteiger partial charge in [0.05, 0.1) is 18.4 Å². The number of nitrogens with zero attached hydrogens (tertiary/aromatic N) is 3. The summed E-state index contributed by atoms with van der Waals surface area (Å²) in [4.78, 5) is 33.0. The number of carbonyl (C=O) groups is 2. The van der Waals surface area contributed by atoms with E-state index in [4.69, 9.17) is 4.74 Å². The number of carbonyl (C=O) groups excluding carboxylic acids is 2. The number of hydrogen-bond donors (Lipinski definition) is 3. The summed E-state index contributed by atoms with van der Waals surface area (Å²) in [5.74, 6) is 0.696. The van der Waals surface area contributed by atoms with Crippen LogP contribution >= 0.6 is 15.9 Å². The fourth-order valence-electron chi connectivity index (χ4n) is 4.97. The highest BCUT2D eigenvalue weighted by atomic mass is 79.9. The standard InChI is InChI=1S/C31H39BrN6O3/c1-4-36(5-2)16-15-33-30(39)26-22-25(35-31(40)34-24-10-8-9-23(32)21-24)13-14-27(26)37-17-19-38(20-18-37)28-11-6-7-12-29(28)41-3/h6-14,21-22H,4-5,15-20H2,1-3H3,(H,33,39)(H2,34,35,40). The quantitative estimate of drug-likeness (QED) is 0.262. The highest BCUT2D eigenvalue weighted by Gasteiger charge is 2.24. The first kappa shape index (κ1) is 30.2. The van der Waals surface area contributed by atoms with E-state index in [1.807, 2.05) is 54.6 Å². The van der Waals surface area contributed by atoms with Gasteiger partial charge in [0.1, 0.15) is 5.75 Å². The van der Waals surface area contributed by atoms with Crippen molar-refractivity contribution in [1.82, 2.24) is 10.2 Å². The van der Waals surface area contributed by atoms with E-state index in [-0.39, 0.29) is 11.9 Å². The van der Waals surface area contributed by atoms with Gasteiger partial charge in [-0.3, -0.25) is 4.79 Å². The fraction of sp³-hybridized carbons (Fsp3) is 0.355. The number of methoxy groups -OCH3 is 1. The maximum Gasteiger partial charge on any atom is 0.323 e. The van der Waals surface area contributed by atoms with E-state index in [1.165, 1.54) is 0 Å². The molecular formula is C31H39BrN6O3. The molecule has 3 N–H and O–H groups in total. The number of ether oxygens (including phenoxy) is 1. The molecule has 10 heteroatoms. The first-order valence-electron chi connectivity index (χ1n) is 14.0. The second-order valence-corrected chi connectivity index (χ2v) is 10.7. The van der Waals surface area contributed by atoms with Gasteiger partial charge in [0.2, 0.25) is 0 Å². The third kappa shape index (κ3) is 8.14. The van der Waals surface area contributed by atoms with Crippen LogP contribution in [0.5, 0.6) is 5.75 Å². The molecule has 218 valence electrons. The SMILES string of the molecule is CCN(CC)CCNC(=O)c1cc(NC(=O)Nc2cccc(Br)c2)ccc1N1CCN(c2ccccc2OC)CC1. The predicted octanol–water partition coefficient (Wildman–Crippen LogP) is 5.50. The van der Waals surface area contributed by atoms with Crippen LogP contribution in [0.25, 0.3) is 0 Å². The van der Waals surface area contributed by atoms with Crippen molar-refractivity contribution in [2.24, 2.45) is 0 Å². The topological polar surface area (TPSA) is 89.2 Å². The molecule has 1 saturated heterocycles. The Morgan fingerprint density at radius 3 is 2.17 bits per heavy atom. The number of anilines is 4. The van der Waals surface area contributed by atoms with Gasteiger partial charge < -0.3 is 35.4 Å². The molecule has 3 aromatic rings. The smallest absolute Gasteiger partial charge is 0.323 e. The van der Waals surface area contributed by atoms with E-state index < -0.39 is 0 Å². The van der Waals surface area contributed by atoms with Crippen LogP contribution in [0.1, 0.15) is 24.2 Å². The Morgan fingerprint density at radius 1 is 0.854 bits per heavy atom. The summed E-state index contributed by atoms with van der Waals surface area (Å²) in [5, 5.41) is 8.80. The molecule has 1 fully saturated rings. The molecule has 0 bridgehead atoms. The predicted molar refractivity (Wildman–Crippen MR) is 171 cm³/mol. The summed E-state index contributed by atoms with van der Waals surface area (Å²) in [5.41, 5.74) is 3.66. The van der Waals surface area contributed by atoms with Crippen LogP contribution in [0, 0.1) is 0 Å². The van der Waals surface area contributed by atoms with Gasteiger partial charge in [0.25, 0.3) is 5.91 Å². The maximum atomic E-state index is 13.5. The number of para-hydroxylation sites is 2. The van der Waals surface area contributed by atoms with E-state index in [2.05, 4.69) is 66.5 Å². The molecule has 0 aliphatic carbocycles. The van der Waals surface area contributed by atoms with Crippen LogP contribution in [-0.4, -0.2) is 76.3 Å². The van der Waals surface area contributed by atoms with Gasteiger partial charge in [0, 0.05) is 60.8 Å². The minimum absolute atomic E-state index is 0.157. The normalized spacial score (nSPS) is 13.2. The van der Waals surface area contributed by atoms with E-state index in [0.29, 0.717) is 23.5 Å². The molecule has 3 aromatic carbocycles. The lowest BCUT2D eigenvalue weighted by Gasteiger charge is -2.38. The molecular weight excluding hydrogens is 584 g/mol. The third-order valence-corrected chi connectivity index (χ3v) is 7.73. The first-order valence-corrected chi connectivity index (χ1v) is 14.8. The van der Waals surface area contributed by atoms with Gasteiger partial charge in [0.15, 0.2) is 0 Å². The molecule has 41 heavy (non-hydrogen) atoms. The van der Waals surface area contributed by atoms with Crippen molar-refractivity contribution >= 4 is 50.6 Å². The number of amides is 3. The Hall–Kier alpha value is -3.76. The van der Waals surface area contributed by atoms with Crippen molar-refractivity contribution in [3.63, 3.8) is 0 Å². The summed E-state index contributed by atoms with van der Waals surface area (Å²) in [6.07, 6.45) is 0. The Labute approximate surface area is 251 Å². The summed E-state index contributed by atoms with van der Waals surface area (Å²) in [6.45, 7) is 10.5. The van der Waals surface area contributed by atoms with Crippen LogP contribution in [0.3, 0.4) is 0 Å². The van der Waals surface area contributed by atoms with Gasteiger partial charge in [-0.05, 0) is 61.6 Å². The van der Waals surface area contributed by atoms with Crippen molar-refractivity contribution in [1.29, 1.82) is 0 Å². The van der Waals surface area contributed by atoms with Gasteiger partial charge >= 0.3 is 6.03 Å². The molecule has 1 aliphatic heterocycles. The highest BCUT2D eigenvalue weighted by Crippen LogP contribution is 2.31. The van der Waals surface area contributed by atoms with Crippen LogP contribution < -0.4 is 30.5 Å². The summed E-state index contributed by atoms with van der Waals surface area (Å²) < 4.78 is 6.44. The lowest BCUT2D eigenvalue weighted by molar-refractivity contribution is 0.0949. The highest BCUT2D eigenvalue weighted by molar-refractivity contribution is 9.10. The van der Waals surface area contributed by atoms with Gasteiger partial charge in [-0.15, -0.1) is 0 Å². The third-order valence-electron chi connectivity index (χ3n) is 7.24. The molecule has 0 saturated carbocycles. The number of nitrogens with one attached hydrogen (secondary N) is 3. The van der Waals surface area contributed by atoms with Crippen molar-refractivity contribution in [2.45, 2.75) is 13.8 Å². The molecule has 0 unspecified atom stereocenters. The molecule has 0 radical (unpaired) electrons. The van der Waals surface area contributed by atoms with Crippen molar-refractivity contribution in [3.8, 4) is 5.75 Å². The molecule has 4 rings (SSSR count). The average Bonchev–Trinajstić information content (AvgIpc) is 2.99. The summed E-state index contributed by atoms with van der Waals surface area (Å²) in [7, 11) is 1.69. The number of likely N-dealkylation sites (N-methyl/N-ethyl adjacent to an activating group) is 1. The molecule has 0 spiro atoms. The molecule has 9 nitrogen and oxygen atoms in total.